The van der Waals surface area contributed by atoms with Gasteiger partial charge in [0.05, 0.1) is 7.11 Å². The Morgan fingerprint density at radius 1 is 1.25 bits per heavy atom. The van der Waals surface area contributed by atoms with Crippen LogP contribution in [0, 0.1) is 0 Å². The Morgan fingerprint density at radius 3 is 2.50 bits per heavy atom. The molecule has 0 spiro atoms. The smallest absolute Gasteiger partial charge is 0.100 e. The van der Waals surface area contributed by atoms with E-state index in [4.69, 9.17) is 0 Å². The van der Waals surface area contributed by atoms with Gasteiger partial charge in [0.2, 0.25) is 0 Å². The van der Waals surface area contributed by atoms with Crippen molar-refractivity contribution < 1.29 is 18.7 Å². The third-order valence-electron chi connectivity index (χ3n) is 1.87. The summed E-state index contributed by atoms with van der Waals surface area (Å²) in [4.78, 5) is 4.24. The summed E-state index contributed by atoms with van der Waals surface area (Å²) in [5.41, 5.74) is 0. The highest BCUT2D eigenvalue weighted by Gasteiger charge is 2.21. The molecule has 1 aliphatic rings. The first kappa shape index (κ1) is 10.2. The summed E-state index contributed by atoms with van der Waals surface area (Å²) in [5, 5.41) is 4.57. The van der Waals surface area contributed by atoms with E-state index >= 15 is 0 Å². The van der Waals surface area contributed by atoms with Gasteiger partial charge < -0.3 is 0 Å². The second kappa shape index (κ2) is 5.75. The van der Waals surface area contributed by atoms with E-state index in [0.29, 0.717) is 18.1 Å². The highest BCUT2D eigenvalue weighted by molar-refractivity contribution is 7.95. The zero-order valence-corrected chi connectivity index (χ0v) is 7.81. The number of halogens is 1. The largest absolute Gasteiger partial charge is 0.247 e. The van der Waals surface area contributed by atoms with E-state index in [9.17, 15) is 4.39 Å². The lowest BCUT2D eigenvalue weighted by molar-refractivity contribution is -0.447. The topological polar surface area (TPSA) is 27.7 Å². The molecule has 0 aromatic heterocycles. The fraction of sp³-hybridized carbons (Fsp3) is 1.00. The van der Waals surface area contributed by atoms with Crippen LogP contribution < -0.4 is 0 Å². The average Bonchev–Trinajstić information content (AvgIpc) is 2.09. The molecule has 0 unspecified atom stereocenters. The van der Waals surface area contributed by atoms with Crippen LogP contribution in [0.5, 0.6) is 0 Å². The third kappa shape index (κ3) is 3.71. The van der Waals surface area contributed by atoms with Crippen LogP contribution in [0.1, 0.15) is 25.7 Å². The van der Waals surface area contributed by atoms with Gasteiger partial charge in [0, 0.05) is 17.3 Å². The lowest BCUT2D eigenvalue weighted by atomic mass is 9.99. The number of hydrogen-bond acceptors (Lipinski definition) is 4. The Hall–Kier alpha value is 0.160. The van der Waals surface area contributed by atoms with Crippen molar-refractivity contribution in [1.29, 1.82) is 0 Å². The van der Waals surface area contributed by atoms with Crippen molar-refractivity contribution >= 4 is 12.0 Å². The second-order valence-corrected chi connectivity index (χ2v) is 3.77. The van der Waals surface area contributed by atoms with Crippen molar-refractivity contribution in [2.45, 2.75) is 37.1 Å². The van der Waals surface area contributed by atoms with Crippen LogP contribution in [0.3, 0.4) is 0 Å². The van der Waals surface area contributed by atoms with Gasteiger partial charge in [-0.1, -0.05) is 5.04 Å². The maximum absolute atomic E-state index is 12.6. The summed E-state index contributed by atoms with van der Waals surface area (Å²) in [6, 6.07) is 0. The maximum atomic E-state index is 12.6. The first-order valence-electron chi connectivity index (χ1n) is 4.00. The van der Waals surface area contributed by atoms with E-state index in [1.54, 1.807) is 0 Å². The molecule has 0 heterocycles. The van der Waals surface area contributed by atoms with Gasteiger partial charge in [0.1, 0.15) is 6.17 Å². The van der Waals surface area contributed by atoms with E-state index in [1.165, 1.54) is 19.2 Å². The molecule has 0 saturated heterocycles. The Bertz CT molecular complexity index is 117. The molecule has 5 heteroatoms. The first-order valence-corrected chi connectivity index (χ1v) is 4.80. The van der Waals surface area contributed by atoms with Crippen molar-refractivity contribution in [3.63, 3.8) is 0 Å². The number of alkyl halides is 1. The molecule has 0 aromatic carbocycles. The zero-order valence-electron chi connectivity index (χ0n) is 6.99. The normalized spacial score (nSPS) is 30.5. The SMILES string of the molecule is COOOSC1CCC(F)CC1. The Balaban J connectivity index is 2.01. The lowest BCUT2D eigenvalue weighted by Gasteiger charge is -2.21. The highest BCUT2D eigenvalue weighted by Crippen LogP contribution is 2.30. The summed E-state index contributed by atoms with van der Waals surface area (Å²) in [6.07, 6.45) is 2.34. The highest BCUT2D eigenvalue weighted by atomic mass is 32.2. The third-order valence-corrected chi connectivity index (χ3v) is 2.75. The summed E-state index contributed by atoms with van der Waals surface area (Å²) in [7, 11) is 1.37. The number of hydrogen-bond donors (Lipinski definition) is 0. The van der Waals surface area contributed by atoms with Crippen molar-refractivity contribution in [2.75, 3.05) is 7.11 Å². The van der Waals surface area contributed by atoms with Crippen LogP contribution in [0.2, 0.25) is 0 Å². The Labute approximate surface area is 75.6 Å². The average molecular weight is 196 g/mol. The van der Waals surface area contributed by atoms with E-state index in [-0.39, 0.29) is 0 Å². The Morgan fingerprint density at radius 2 is 1.92 bits per heavy atom. The van der Waals surface area contributed by atoms with Gasteiger partial charge in [-0.25, -0.2) is 9.28 Å². The molecule has 1 fully saturated rings. The van der Waals surface area contributed by atoms with E-state index in [0.717, 1.165) is 12.8 Å². The molecule has 0 bridgehead atoms. The van der Waals surface area contributed by atoms with Crippen molar-refractivity contribution in [3.8, 4) is 0 Å². The fourth-order valence-electron chi connectivity index (χ4n) is 1.22. The minimum absolute atomic E-state index is 0.340. The van der Waals surface area contributed by atoms with Crippen LogP contribution in [0.15, 0.2) is 0 Å². The first-order chi connectivity index (χ1) is 5.83. The molecule has 1 rings (SSSR count). The monoisotopic (exact) mass is 196 g/mol. The zero-order chi connectivity index (χ0) is 8.81. The molecule has 3 nitrogen and oxygen atoms in total. The van der Waals surface area contributed by atoms with Gasteiger partial charge in [0.25, 0.3) is 0 Å². The van der Waals surface area contributed by atoms with Gasteiger partial charge in [-0.15, -0.1) is 4.33 Å². The van der Waals surface area contributed by atoms with E-state index < -0.39 is 6.17 Å². The van der Waals surface area contributed by atoms with E-state index in [2.05, 4.69) is 14.3 Å². The van der Waals surface area contributed by atoms with Gasteiger partial charge in [-0.3, -0.25) is 0 Å². The summed E-state index contributed by atoms with van der Waals surface area (Å²) in [6.45, 7) is 0. The molecule has 0 radical (unpaired) electrons. The predicted molar refractivity (Wildman–Crippen MR) is 43.9 cm³/mol. The van der Waals surface area contributed by atoms with Gasteiger partial charge >= 0.3 is 0 Å². The lowest BCUT2D eigenvalue weighted by Crippen LogP contribution is -2.16. The molecule has 12 heavy (non-hydrogen) atoms. The molecule has 1 aliphatic carbocycles. The maximum Gasteiger partial charge on any atom is 0.100 e. The van der Waals surface area contributed by atoms with Crippen LogP contribution in [0.4, 0.5) is 4.39 Å². The summed E-state index contributed by atoms with van der Waals surface area (Å²) in [5.74, 6) is 0. The minimum atomic E-state index is -0.620. The molecule has 0 atom stereocenters. The molecular weight excluding hydrogens is 183 g/mol. The van der Waals surface area contributed by atoms with Crippen LogP contribution in [0.25, 0.3) is 0 Å². The summed E-state index contributed by atoms with van der Waals surface area (Å²) < 4.78 is 17.3. The standard InChI is InChI=1S/C7H13FO3S/c1-9-10-11-12-7-4-2-6(8)3-5-7/h6-7H,2-5H2,1H3. The van der Waals surface area contributed by atoms with Crippen LogP contribution >= 0.6 is 12.0 Å². The number of rotatable bonds is 4. The minimum Gasteiger partial charge on any atom is -0.247 e. The molecule has 0 aliphatic heterocycles. The second-order valence-electron chi connectivity index (χ2n) is 2.77. The molecule has 0 N–H and O–H groups in total. The van der Waals surface area contributed by atoms with Gasteiger partial charge in [-0.2, -0.15) is 0 Å². The quantitative estimate of drug-likeness (QED) is 0.299. The van der Waals surface area contributed by atoms with Crippen LogP contribution in [-0.4, -0.2) is 18.5 Å². The van der Waals surface area contributed by atoms with Gasteiger partial charge in [0.15, 0.2) is 0 Å². The Kier molecular flexibility index (Phi) is 4.90. The fourth-order valence-corrected chi connectivity index (χ4v) is 1.88. The summed E-state index contributed by atoms with van der Waals surface area (Å²) >= 11 is 1.21. The molecule has 1 saturated carbocycles. The molecular formula is C7H13FO3S. The van der Waals surface area contributed by atoms with E-state index in [1.807, 2.05) is 0 Å². The molecule has 0 amide bonds. The van der Waals surface area contributed by atoms with Crippen LogP contribution in [-0.2, 0) is 14.3 Å². The van der Waals surface area contributed by atoms with Crippen molar-refractivity contribution in [1.82, 2.24) is 0 Å². The molecule has 72 valence electrons. The molecule has 0 aromatic rings. The van der Waals surface area contributed by atoms with Crippen molar-refractivity contribution in [2.24, 2.45) is 0 Å². The predicted octanol–water partition coefficient (Wildman–Crippen LogP) is 2.42. The van der Waals surface area contributed by atoms with Crippen molar-refractivity contribution in [3.05, 3.63) is 0 Å². The van der Waals surface area contributed by atoms with Gasteiger partial charge in [-0.05, 0) is 25.7 Å².